The van der Waals surface area contributed by atoms with E-state index in [4.69, 9.17) is 4.74 Å². The summed E-state index contributed by atoms with van der Waals surface area (Å²) in [5, 5.41) is 17.0. The highest BCUT2D eigenvalue weighted by molar-refractivity contribution is 6.00. The minimum Gasteiger partial charge on any atom is -0.506 e. The Balaban J connectivity index is 1.07. The fourth-order valence-electron chi connectivity index (χ4n) is 4.90. The van der Waals surface area contributed by atoms with Crippen LogP contribution in [0.4, 0.5) is 11.4 Å². The highest BCUT2D eigenvalue weighted by Crippen LogP contribution is 2.43. The third kappa shape index (κ3) is 4.95. The summed E-state index contributed by atoms with van der Waals surface area (Å²) in [6, 6.07) is 7.64. The van der Waals surface area contributed by atoms with Crippen molar-refractivity contribution in [2.24, 2.45) is 0 Å². The lowest BCUT2D eigenvalue weighted by Gasteiger charge is -2.37. The molecule has 1 fully saturated rings. The first-order chi connectivity index (χ1) is 17.0. The molecule has 0 radical (unpaired) electrons. The largest absolute Gasteiger partial charge is 0.506 e. The number of phenols is 1. The van der Waals surface area contributed by atoms with E-state index in [1.165, 1.54) is 5.56 Å². The number of Topliss-reactive ketones (excluding diaryl/α,β-unsaturated/α-hetero) is 1. The number of phenolic OH excluding ortho intramolecular Hbond substituents is 1. The molecule has 4 heterocycles. The number of amides is 1. The number of piperazine rings is 1. The second kappa shape index (κ2) is 9.95. The van der Waals surface area contributed by atoms with Crippen LogP contribution in [0.2, 0.25) is 0 Å². The van der Waals surface area contributed by atoms with Gasteiger partial charge in [-0.05, 0) is 62.6 Å². The van der Waals surface area contributed by atoms with Crippen LogP contribution in [-0.2, 0) is 11.2 Å². The van der Waals surface area contributed by atoms with E-state index in [9.17, 15) is 14.7 Å². The van der Waals surface area contributed by atoms with E-state index in [0.29, 0.717) is 17.0 Å². The second-order valence-corrected chi connectivity index (χ2v) is 9.26. The Bertz CT molecular complexity index is 1250. The van der Waals surface area contributed by atoms with Crippen molar-refractivity contribution in [3.8, 4) is 11.5 Å². The van der Waals surface area contributed by atoms with E-state index in [0.717, 1.165) is 69.6 Å². The summed E-state index contributed by atoms with van der Waals surface area (Å²) >= 11 is 0. The molecule has 5 rings (SSSR count). The number of pyridine rings is 1. The molecule has 0 aliphatic carbocycles. The van der Waals surface area contributed by atoms with Crippen molar-refractivity contribution in [3.63, 3.8) is 0 Å². The molecule has 0 spiro atoms. The molecule has 0 atom stereocenters. The Morgan fingerprint density at radius 3 is 2.77 bits per heavy atom. The zero-order valence-corrected chi connectivity index (χ0v) is 20.0. The quantitative estimate of drug-likeness (QED) is 0.292. The predicted molar refractivity (Wildman–Crippen MR) is 134 cm³/mol. The Kier molecular flexibility index (Phi) is 6.59. The lowest BCUT2D eigenvalue weighted by atomic mass is 10.1. The number of carbonyl (C=O) groups is 2. The molecule has 9 nitrogen and oxygen atoms in total. The van der Waals surface area contributed by atoms with E-state index in [-0.39, 0.29) is 24.0 Å². The molecular formula is C26H31N5O4. The third-order valence-corrected chi connectivity index (χ3v) is 6.84. The van der Waals surface area contributed by atoms with Gasteiger partial charge in [0.15, 0.2) is 18.1 Å². The number of fused-ring (bicyclic) bond motifs is 2. The van der Waals surface area contributed by atoms with Crippen LogP contribution in [0.25, 0.3) is 5.52 Å². The summed E-state index contributed by atoms with van der Waals surface area (Å²) < 4.78 is 7.40. The zero-order valence-electron chi connectivity index (χ0n) is 20.0. The van der Waals surface area contributed by atoms with Crippen LogP contribution in [0.3, 0.4) is 0 Å². The average molecular weight is 478 g/mol. The standard InChI is InChI=1S/C26H31N5O4/c1-18(32)20-16-27-31-10-8-19(15-22(20)31)5-3-2-4-9-29-11-13-30(14-12-29)21-6-7-23(33)25-26(21)35-17-24(34)28-25/h6-8,10,15-16,33H,2-5,9,11-14,17H2,1H3,(H,28,34). The predicted octanol–water partition coefficient (Wildman–Crippen LogP) is 3.11. The molecule has 1 saturated heterocycles. The van der Waals surface area contributed by atoms with Crippen LogP contribution in [0.15, 0.2) is 36.7 Å². The number of ether oxygens (including phenoxy) is 1. The maximum Gasteiger partial charge on any atom is 0.262 e. The third-order valence-electron chi connectivity index (χ3n) is 6.84. The minimum atomic E-state index is -0.252. The van der Waals surface area contributed by atoms with E-state index >= 15 is 0 Å². The summed E-state index contributed by atoms with van der Waals surface area (Å²) in [7, 11) is 0. The molecule has 1 amide bonds. The van der Waals surface area contributed by atoms with Gasteiger partial charge in [-0.15, -0.1) is 0 Å². The van der Waals surface area contributed by atoms with Crippen molar-refractivity contribution >= 4 is 28.6 Å². The lowest BCUT2D eigenvalue weighted by Crippen LogP contribution is -2.47. The van der Waals surface area contributed by atoms with Gasteiger partial charge in [-0.25, -0.2) is 4.52 Å². The summed E-state index contributed by atoms with van der Waals surface area (Å²) in [4.78, 5) is 28.2. The number of aromatic nitrogens is 2. The van der Waals surface area contributed by atoms with Gasteiger partial charge in [-0.3, -0.25) is 14.5 Å². The molecule has 9 heteroatoms. The number of rotatable bonds is 8. The van der Waals surface area contributed by atoms with Crippen molar-refractivity contribution in [2.75, 3.05) is 49.5 Å². The van der Waals surface area contributed by atoms with Crippen LogP contribution in [0.1, 0.15) is 42.1 Å². The normalized spacial score (nSPS) is 16.1. The number of benzene rings is 1. The molecule has 1 aromatic carbocycles. The van der Waals surface area contributed by atoms with Crippen molar-refractivity contribution in [2.45, 2.75) is 32.6 Å². The molecule has 0 bridgehead atoms. The first kappa shape index (κ1) is 23.2. The number of ketones is 1. The van der Waals surface area contributed by atoms with E-state index in [2.05, 4.69) is 32.3 Å². The van der Waals surface area contributed by atoms with E-state index < -0.39 is 0 Å². The number of carbonyl (C=O) groups excluding carboxylic acids is 2. The Morgan fingerprint density at radius 1 is 1.14 bits per heavy atom. The maximum absolute atomic E-state index is 11.8. The van der Waals surface area contributed by atoms with Crippen LogP contribution in [0.5, 0.6) is 11.5 Å². The molecule has 2 N–H and O–H groups in total. The second-order valence-electron chi connectivity index (χ2n) is 9.26. The van der Waals surface area contributed by atoms with Gasteiger partial charge < -0.3 is 20.1 Å². The van der Waals surface area contributed by atoms with Gasteiger partial charge in [0.25, 0.3) is 5.91 Å². The first-order valence-electron chi connectivity index (χ1n) is 12.2. The fourth-order valence-corrected chi connectivity index (χ4v) is 4.90. The van der Waals surface area contributed by atoms with Crippen molar-refractivity contribution in [1.29, 1.82) is 0 Å². The van der Waals surface area contributed by atoms with Crippen LogP contribution >= 0.6 is 0 Å². The van der Waals surface area contributed by atoms with Gasteiger partial charge in [0.05, 0.1) is 23.0 Å². The molecule has 0 saturated carbocycles. The molecular weight excluding hydrogens is 446 g/mol. The number of hydrogen-bond donors (Lipinski definition) is 2. The van der Waals surface area contributed by atoms with E-state index in [1.807, 2.05) is 12.3 Å². The Labute approximate surface area is 204 Å². The summed E-state index contributed by atoms with van der Waals surface area (Å²) in [5.74, 6) is 0.377. The topological polar surface area (TPSA) is 99.4 Å². The van der Waals surface area contributed by atoms with Crippen molar-refractivity contribution < 1.29 is 19.4 Å². The number of nitrogens with zero attached hydrogens (tertiary/aromatic N) is 4. The van der Waals surface area contributed by atoms with Gasteiger partial charge >= 0.3 is 0 Å². The van der Waals surface area contributed by atoms with E-state index in [1.54, 1.807) is 23.7 Å². The maximum atomic E-state index is 11.8. The van der Waals surface area contributed by atoms with Crippen molar-refractivity contribution in [3.05, 3.63) is 47.8 Å². The van der Waals surface area contributed by atoms with Gasteiger partial charge in [-0.2, -0.15) is 5.10 Å². The molecule has 3 aromatic rings. The van der Waals surface area contributed by atoms with Gasteiger partial charge in [-0.1, -0.05) is 6.42 Å². The number of hydrogen-bond acceptors (Lipinski definition) is 7. The minimum absolute atomic E-state index is 0.0276. The monoisotopic (exact) mass is 477 g/mol. The highest BCUT2D eigenvalue weighted by atomic mass is 16.5. The van der Waals surface area contributed by atoms with Crippen LogP contribution < -0.4 is 15.0 Å². The number of unbranched alkanes of at least 4 members (excludes halogenated alkanes) is 2. The SMILES string of the molecule is CC(=O)c1cnn2ccc(CCCCCN3CCN(c4ccc(O)c5c4OCC(=O)N5)CC3)cc12. The number of aromatic hydroxyl groups is 1. The van der Waals surface area contributed by atoms with Gasteiger partial charge in [0, 0.05) is 32.4 Å². The zero-order chi connectivity index (χ0) is 24.4. The van der Waals surface area contributed by atoms with Gasteiger partial charge in [0.2, 0.25) is 0 Å². The smallest absolute Gasteiger partial charge is 0.262 e. The summed E-state index contributed by atoms with van der Waals surface area (Å²) in [5.41, 5.74) is 4.09. The van der Waals surface area contributed by atoms with Crippen LogP contribution in [-0.4, -0.2) is 70.6 Å². The van der Waals surface area contributed by atoms with Crippen LogP contribution in [0, 0.1) is 0 Å². The molecule has 0 unspecified atom stereocenters. The Morgan fingerprint density at radius 2 is 1.97 bits per heavy atom. The lowest BCUT2D eigenvalue weighted by molar-refractivity contribution is -0.118. The molecule has 2 aliphatic rings. The summed E-state index contributed by atoms with van der Waals surface area (Å²) in [6.07, 6.45) is 7.99. The number of anilines is 2. The van der Waals surface area contributed by atoms with Crippen molar-refractivity contribution in [1.82, 2.24) is 14.5 Å². The van der Waals surface area contributed by atoms with Gasteiger partial charge in [0.1, 0.15) is 11.4 Å². The average Bonchev–Trinajstić information content (AvgIpc) is 3.29. The highest BCUT2D eigenvalue weighted by Gasteiger charge is 2.27. The fraction of sp³-hybridized carbons (Fsp3) is 0.423. The number of aryl methyl sites for hydroxylation is 1. The molecule has 2 aliphatic heterocycles. The Hall–Kier alpha value is -3.59. The molecule has 184 valence electrons. The summed E-state index contributed by atoms with van der Waals surface area (Å²) in [6.45, 7) is 6.30. The molecule has 35 heavy (non-hydrogen) atoms. The first-order valence-corrected chi connectivity index (χ1v) is 12.2. The molecule has 2 aromatic heterocycles. The number of nitrogens with one attached hydrogen (secondary N) is 1.